The molecule has 0 aromatic heterocycles. The molecule has 51 heavy (non-hydrogen) atoms. The lowest BCUT2D eigenvalue weighted by atomic mass is 9.94. The molecule has 4 heterocycles. The van der Waals surface area contributed by atoms with Crippen molar-refractivity contribution in [3.63, 3.8) is 0 Å². The van der Waals surface area contributed by atoms with E-state index in [4.69, 9.17) is 33.2 Å². The molecule has 0 aliphatic carbocycles. The third-order valence-electron chi connectivity index (χ3n) is 8.99. The molecule has 4 rings (SSSR count). The number of aliphatic hydroxyl groups is 12. The zero-order chi connectivity index (χ0) is 37.9. The number of hydrogen-bond donors (Lipinski definition) is 14. The zero-order valence-corrected chi connectivity index (χ0v) is 27.4. The van der Waals surface area contributed by atoms with Gasteiger partial charge in [0.15, 0.2) is 25.2 Å². The molecule has 0 aromatic rings. The third kappa shape index (κ3) is 9.29. The zero-order valence-electron chi connectivity index (χ0n) is 27.4. The van der Waals surface area contributed by atoms with Crippen LogP contribution in [0, 0.1) is 0 Å². The topological polar surface area (TPSA) is 366 Å². The maximum absolute atomic E-state index is 12.2. The summed E-state index contributed by atoms with van der Waals surface area (Å²) in [7, 11) is 0. The number of carbonyl (C=O) groups is 2. The molecule has 4 fully saturated rings. The van der Waals surface area contributed by atoms with E-state index in [0.717, 1.165) is 13.8 Å². The van der Waals surface area contributed by atoms with Crippen molar-refractivity contribution in [1.29, 1.82) is 0 Å². The first kappa shape index (κ1) is 41.9. The van der Waals surface area contributed by atoms with Gasteiger partial charge in [-0.15, -0.1) is 0 Å². The summed E-state index contributed by atoms with van der Waals surface area (Å²) >= 11 is 0. The fraction of sp³-hybridized carbons (Fsp3) is 0.929. The molecule has 0 bridgehead atoms. The fourth-order valence-electron chi connectivity index (χ4n) is 6.25. The molecular formula is C28H48N2O21. The van der Waals surface area contributed by atoms with E-state index >= 15 is 0 Å². The molecule has 14 N–H and O–H groups in total. The molecule has 2 amide bonds. The van der Waals surface area contributed by atoms with Crippen LogP contribution < -0.4 is 10.6 Å². The van der Waals surface area contributed by atoms with E-state index in [0.29, 0.717) is 0 Å². The minimum absolute atomic E-state index is 0.675. The second-order valence-electron chi connectivity index (χ2n) is 12.7. The van der Waals surface area contributed by atoms with Gasteiger partial charge >= 0.3 is 0 Å². The van der Waals surface area contributed by atoms with E-state index < -0.39 is 161 Å². The van der Waals surface area contributed by atoms with E-state index in [1.807, 2.05) is 0 Å². The Kier molecular flexibility index (Phi) is 14.8. The van der Waals surface area contributed by atoms with Crippen molar-refractivity contribution in [1.82, 2.24) is 10.6 Å². The van der Waals surface area contributed by atoms with Gasteiger partial charge in [0.1, 0.15) is 97.5 Å². The van der Waals surface area contributed by atoms with Gasteiger partial charge in [0.2, 0.25) is 11.8 Å². The highest BCUT2D eigenvalue weighted by molar-refractivity contribution is 5.73. The van der Waals surface area contributed by atoms with Crippen LogP contribution in [0.1, 0.15) is 13.8 Å². The van der Waals surface area contributed by atoms with Gasteiger partial charge in [0.05, 0.1) is 26.4 Å². The third-order valence-corrected chi connectivity index (χ3v) is 8.99. The van der Waals surface area contributed by atoms with Gasteiger partial charge in [0, 0.05) is 13.8 Å². The van der Waals surface area contributed by atoms with Crippen LogP contribution in [-0.4, -0.2) is 222 Å². The van der Waals surface area contributed by atoms with Crippen LogP contribution in [-0.2, 0) is 42.7 Å². The lowest BCUT2D eigenvalue weighted by molar-refractivity contribution is -0.364. The predicted molar refractivity (Wildman–Crippen MR) is 157 cm³/mol. The van der Waals surface area contributed by atoms with E-state index in [9.17, 15) is 70.9 Å². The summed E-state index contributed by atoms with van der Waals surface area (Å²) in [5, 5.41) is 129. The summed E-state index contributed by atoms with van der Waals surface area (Å²) in [5.41, 5.74) is 0. The Morgan fingerprint density at radius 2 is 0.980 bits per heavy atom. The molecule has 0 aromatic carbocycles. The van der Waals surface area contributed by atoms with E-state index in [1.54, 1.807) is 0 Å². The first-order valence-corrected chi connectivity index (χ1v) is 16.1. The maximum Gasteiger partial charge on any atom is 0.217 e. The fourth-order valence-corrected chi connectivity index (χ4v) is 6.25. The van der Waals surface area contributed by atoms with Crippen LogP contribution in [0.25, 0.3) is 0 Å². The van der Waals surface area contributed by atoms with Crippen molar-refractivity contribution < 1.29 is 104 Å². The van der Waals surface area contributed by atoms with E-state index in [-0.39, 0.29) is 0 Å². The van der Waals surface area contributed by atoms with Gasteiger partial charge in [-0.25, -0.2) is 0 Å². The van der Waals surface area contributed by atoms with Gasteiger partial charge in [-0.1, -0.05) is 0 Å². The Bertz CT molecular complexity index is 1140. The van der Waals surface area contributed by atoms with Gasteiger partial charge in [-0.2, -0.15) is 0 Å². The molecule has 20 atom stereocenters. The maximum atomic E-state index is 12.2. The number of hydrogen-bond acceptors (Lipinski definition) is 21. The average molecular weight is 749 g/mol. The Labute approximate surface area is 289 Å². The van der Waals surface area contributed by atoms with Crippen LogP contribution in [0.15, 0.2) is 0 Å². The Morgan fingerprint density at radius 1 is 0.510 bits per heavy atom. The minimum Gasteiger partial charge on any atom is -0.394 e. The minimum atomic E-state index is -2.00. The molecular weight excluding hydrogens is 700 g/mol. The molecule has 4 saturated heterocycles. The quantitative estimate of drug-likeness (QED) is 0.0881. The second kappa shape index (κ2) is 18.0. The highest BCUT2D eigenvalue weighted by Gasteiger charge is 2.54. The Morgan fingerprint density at radius 3 is 1.55 bits per heavy atom. The summed E-state index contributed by atoms with van der Waals surface area (Å²) in [5.74, 6) is -1.42. The van der Waals surface area contributed by atoms with E-state index in [1.165, 1.54) is 0 Å². The van der Waals surface area contributed by atoms with Gasteiger partial charge in [0.25, 0.3) is 0 Å². The summed E-state index contributed by atoms with van der Waals surface area (Å²) < 4.78 is 38.9. The summed E-state index contributed by atoms with van der Waals surface area (Å²) in [6.07, 6.45) is -31.0. The molecule has 23 nitrogen and oxygen atoms in total. The van der Waals surface area contributed by atoms with Crippen LogP contribution in [0.2, 0.25) is 0 Å². The normalized spacial score (nSPS) is 47.8. The van der Waals surface area contributed by atoms with Gasteiger partial charge in [-0.3, -0.25) is 9.59 Å². The SMILES string of the molecule is CC(=O)N[C@@H]1[C@@H](O[C@H]2O[C@H](CO)[C@H](O[C@H]3O[C@H](CO[C@H]4O[C@H](CO)[C@H](O)[C@H](O)[C@H]4O)[C@H](O)[C@H](O)[C@H]3O)[C@H](O)[C@H]2NC(C)=O)[C@@H](O)[C@@H](CO)O[C@H]1O. The second-order valence-corrected chi connectivity index (χ2v) is 12.7. The molecule has 296 valence electrons. The Hall–Kier alpha value is -1.82. The van der Waals surface area contributed by atoms with Gasteiger partial charge in [-0.05, 0) is 0 Å². The molecule has 23 heteroatoms. The predicted octanol–water partition coefficient (Wildman–Crippen LogP) is -9.46. The first-order chi connectivity index (χ1) is 24.0. The number of amides is 2. The lowest BCUT2D eigenvalue weighted by Crippen LogP contribution is -2.70. The number of aliphatic hydroxyl groups excluding tert-OH is 12. The molecule has 0 spiro atoms. The van der Waals surface area contributed by atoms with Crippen LogP contribution >= 0.6 is 0 Å². The average Bonchev–Trinajstić information content (AvgIpc) is 3.09. The first-order valence-electron chi connectivity index (χ1n) is 16.1. The number of nitrogens with one attached hydrogen (secondary N) is 2. The summed E-state index contributed by atoms with van der Waals surface area (Å²) in [6, 6.07) is -3.05. The highest BCUT2D eigenvalue weighted by Crippen LogP contribution is 2.33. The van der Waals surface area contributed by atoms with Crippen molar-refractivity contribution in [2.75, 3.05) is 26.4 Å². The van der Waals surface area contributed by atoms with Crippen molar-refractivity contribution in [2.24, 2.45) is 0 Å². The molecule has 4 aliphatic heterocycles. The van der Waals surface area contributed by atoms with Crippen molar-refractivity contribution in [3.05, 3.63) is 0 Å². The summed E-state index contributed by atoms with van der Waals surface area (Å²) in [4.78, 5) is 24.1. The summed E-state index contributed by atoms with van der Waals surface area (Å²) in [6.45, 7) is -0.995. The molecule has 0 unspecified atom stereocenters. The van der Waals surface area contributed by atoms with Crippen LogP contribution in [0.5, 0.6) is 0 Å². The molecule has 0 saturated carbocycles. The number of carbonyl (C=O) groups excluding carboxylic acids is 2. The van der Waals surface area contributed by atoms with Crippen LogP contribution in [0.4, 0.5) is 0 Å². The number of rotatable bonds is 12. The van der Waals surface area contributed by atoms with Crippen LogP contribution in [0.3, 0.4) is 0 Å². The van der Waals surface area contributed by atoms with Crippen molar-refractivity contribution in [2.45, 2.75) is 137 Å². The molecule has 0 radical (unpaired) electrons. The monoisotopic (exact) mass is 748 g/mol. The Balaban J connectivity index is 1.52. The van der Waals surface area contributed by atoms with Crippen molar-refractivity contribution in [3.8, 4) is 0 Å². The largest absolute Gasteiger partial charge is 0.394 e. The molecule has 4 aliphatic rings. The lowest BCUT2D eigenvalue weighted by Gasteiger charge is -2.49. The van der Waals surface area contributed by atoms with Crippen molar-refractivity contribution >= 4 is 11.8 Å². The standard InChI is InChI=1S/C28H48N2O21/c1-7(34)29-13-18(39)23(11(5-33)48-26(13)51-24-14(30-8(2)35)25(44)46-10(4-32)17(24)38)50-28-22(43)20(41)16(37)12(49-28)6-45-27-21(42)19(40)15(36)9(3-31)47-27/h9-28,31-33,36-44H,3-6H2,1-2H3,(H,29,34)(H,30,35)/t9-,10-,11-,12-,13-,14-,15+,16+,17+,18-,19+,20+,21-,22-,23+,24-,25-,26-,27+,28-/m1/s1. The smallest absolute Gasteiger partial charge is 0.217 e. The van der Waals surface area contributed by atoms with Gasteiger partial charge < -0.3 is 105 Å². The number of ether oxygens (including phenoxy) is 7. The van der Waals surface area contributed by atoms with E-state index in [2.05, 4.69) is 10.6 Å². The highest BCUT2D eigenvalue weighted by atomic mass is 16.8.